The number of hydrogen-bond donors (Lipinski definition) is 1. The third-order valence-corrected chi connectivity index (χ3v) is 4.68. The molecule has 2 N–H and O–H groups in total. The molecular weight excluding hydrogens is 289 g/mol. The molecule has 118 valence electrons. The summed E-state index contributed by atoms with van der Waals surface area (Å²) in [7, 11) is 0. The Morgan fingerprint density at radius 1 is 1.00 bits per heavy atom. The quantitative estimate of drug-likeness (QED) is 0.850. The van der Waals surface area contributed by atoms with Gasteiger partial charge in [-0.1, -0.05) is 6.42 Å². The van der Waals surface area contributed by atoms with E-state index in [1.165, 1.54) is 38.4 Å². The van der Waals surface area contributed by atoms with E-state index in [0.29, 0.717) is 17.4 Å². The molecule has 3 rings (SSSR count). The minimum Gasteiger partial charge on any atom is -0.399 e. The molecular formula is C16H25ClFN3. The second-order valence-electron chi connectivity index (χ2n) is 6.03. The Balaban J connectivity index is 0.00000161. The van der Waals surface area contributed by atoms with E-state index in [1.54, 1.807) is 6.07 Å². The largest absolute Gasteiger partial charge is 0.399 e. The van der Waals surface area contributed by atoms with Gasteiger partial charge in [0.15, 0.2) is 0 Å². The zero-order valence-corrected chi connectivity index (χ0v) is 13.2. The summed E-state index contributed by atoms with van der Waals surface area (Å²) < 4.78 is 14.0. The summed E-state index contributed by atoms with van der Waals surface area (Å²) in [6.07, 6.45) is 6.35. The molecule has 0 aromatic heterocycles. The Kier molecular flexibility index (Phi) is 5.71. The molecule has 2 saturated heterocycles. The summed E-state index contributed by atoms with van der Waals surface area (Å²) in [5, 5.41) is 0. The van der Waals surface area contributed by atoms with Gasteiger partial charge in [-0.3, -0.25) is 0 Å². The lowest BCUT2D eigenvalue weighted by Crippen LogP contribution is -2.46. The number of likely N-dealkylation sites (tertiary alicyclic amines) is 1. The maximum absolute atomic E-state index is 14.0. The molecule has 21 heavy (non-hydrogen) atoms. The van der Waals surface area contributed by atoms with Crippen LogP contribution in [-0.2, 0) is 0 Å². The smallest absolute Gasteiger partial charge is 0.148 e. The van der Waals surface area contributed by atoms with Crippen LogP contribution in [0.3, 0.4) is 0 Å². The minimum atomic E-state index is -0.193. The van der Waals surface area contributed by atoms with Crippen LogP contribution >= 0.6 is 12.4 Å². The summed E-state index contributed by atoms with van der Waals surface area (Å²) in [5.41, 5.74) is 6.81. The normalized spacial score (nSPS) is 21.1. The van der Waals surface area contributed by atoms with E-state index in [4.69, 9.17) is 5.73 Å². The Bertz CT molecular complexity index is 455. The molecule has 2 aliphatic rings. The number of nitrogen functional groups attached to an aromatic ring is 1. The molecule has 2 heterocycles. The van der Waals surface area contributed by atoms with Crippen LogP contribution < -0.4 is 10.6 Å². The highest BCUT2D eigenvalue weighted by Gasteiger charge is 2.26. The lowest BCUT2D eigenvalue weighted by atomic mass is 9.99. The van der Waals surface area contributed by atoms with E-state index in [2.05, 4.69) is 9.80 Å². The summed E-state index contributed by atoms with van der Waals surface area (Å²) in [5.74, 6) is -0.193. The Hall–Kier alpha value is -1.00. The van der Waals surface area contributed by atoms with E-state index in [9.17, 15) is 4.39 Å². The summed E-state index contributed by atoms with van der Waals surface area (Å²) in [6, 6.07) is 5.72. The van der Waals surface area contributed by atoms with Crippen LogP contribution in [0.4, 0.5) is 15.8 Å². The van der Waals surface area contributed by atoms with Crippen LogP contribution in [-0.4, -0.2) is 37.1 Å². The van der Waals surface area contributed by atoms with Crippen LogP contribution in [0, 0.1) is 5.82 Å². The van der Waals surface area contributed by atoms with Crippen LogP contribution in [0.25, 0.3) is 0 Å². The first kappa shape index (κ1) is 16.4. The predicted molar refractivity (Wildman–Crippen MR) is 88.7 cm³/mol. The zero-order chi connectivity index (χ0) is 13.9. The first-order valence-electron chi connectivity index (χ1n) is 7.78. The molecule has 1 aromatic carbocycles. The first-order chi connectivity index (χ1) is 9.74. The highest BCUT2D eigenvalue weighted by atomic mass is 35.5. The molecule has 0 atom stereocenters. The van der Waals surface area contributed by atoms with Gasteiger partial charge in [0.25, 0.3) is 0 Å². The summed E-state index contributed by atoms with van der Waals surface area (Å²) in [6.45, 7) is 4.39. The Labute approximate surface area is 132 Å². The number of nitrogens with zero attached hydrogens (tertiary/aromatic N) is 2. The fourth-order valence-electron chi connectivity index (χ4n) is 3.54. The maximum atomic E-state index is 14.0. The number of piperidine rings is 2. The van der Waals surface area contributed by atoms with Crippen molar-refractivity contribution in [1.29, 1.82) is 0 Å². The predicted octanol–water partition coefficient (Wildman–Crippen LogP) is 3.28. The van der Waals surface area contributed by atoms with Crippen molar-refractivity contribution in [3.05, 3.63) is 24.0 Å². The van der Waals surface area contributed by atoms with Crippen molar-refractivity contribution in [3.63, 3.8) is 0 Å². The number of halogens is 2. The van der Waals surface area contributed by atoms with Crippen molar-refractivity contribution in [2.75, 3.05) is 36.8 Å². The average molecular weight is 314 g/mol. The zero-order valence-electron chi connectivity index (χ0n) is 12.4. The lowest BCUT2D eigenvalue weighted by Gasteiger charge is -2.41. The lowest BCUT2D eigenvalue weighted by molar-refractivity contribution is 0.141. The summed E-state index contributed by atoms with van der Waals surface area (Å²) in [4.78, 5) is 4.80. The maximum Gasteiger partial charge on any atom is 0.148 e. The first-order valence-corrected chi connectivity index (χ1v) is 7.78. The number of rotatable bonds is 2. The molecule has 0 radical (unpaired) electrons. The molecule has 0 saturated carbocycles. The van der Waals surface area contributed by atoms with E-state index in [0.717, 1.165) is 25.9 Å². The fourth-order valence-corrected chi connectivity index (χ4v) is 3.54. The van der Waals surface area contributed by atoms with Gasteiger partial charge in [-0.15, -0.1) is 12.4 Å². The number of anilines is 2. The minimum absolute atomic E-state index is 0. The van der Waals surface area contributed by atoms with Crippen molar-refractivity contribution in [1.82, 2.24) is 4.90 Å². The van der Waals surface area contributed by atoms with Gasteiger partial charge in [0.05, 0.1) is 5.69 Å². The molecule has 0 spiro atoms. The van der Waals surface area contributed by atoms with E-state index in [1.807, 2.05) is 6.07 Å². The molecule has 1 aromatic rings. The van der Waals surface area contributed by atoms with Gasteiger partial charge >= 0.3 is 0 Å². The molecule has 0 aliphatic carbocycles. The van der Waals surface area contributed by atoms with Gasteiger partial charge in [0.1, 0.15) is 5.82 Å². The van der Waals surface area contributed by atoms with Crippen LogP contribution in [0.5, 0.6) is 0 Å². The molecule has 2 aliphatic heterocycles. The van der Waals surface area contributed by atoms with Crippen LogP contribution in [0.1, 0.15) is 32.1 Å². The van der Waals surface area contributed by atoms with Gasteiger partial charge in [-0.25, -0.2) is 4.39 Å². The van der Waals surface area contributed by atoms with Gasteiger partial charge in [0.2, 0.25) is 0 Å². The van der Waals surface area contributed by atoms with E-state index >= 15 is 0 Å². The van der Waals surface area contributed by atoms with Crippen molar-refractivity contribution in [2.24, 2.45) is 0 Å². The fraction of sp³-hybridized carbons (Fsp3) is 0.625. The van der Waals surface area contributed by atoms with Crippen molar-refractivity contribution < 1.29 is 4.39 Å². The standard InChI is InChI=1S/C16H24FN3.ClH/c17-15-12-13(18)4-5-16(15)20-10-6-14(7-11-20)19-8-2-1-3-9-19;/h4-5,12,14H,1-3,6-11,18H2;1H. The topological polar surface area (TPSA) is 32.5 Å². The van der Waals surface area contributed by atoms with Gasteiger partial charge < -0.3 is 15.5 Å². The van der Waals surface area contributed by atoms with Crippen molar-refractivity contribution >= 4 is 23.8 Å². The highest BCUT2D eigenvalue weighted by molar-refractivity contribution is 5.85. The monoisotopic (exact) mass is 313 g/mol. The van der Waals surface area contributed by atoms with Gasteiger partial charge in [-0.05, 0) is 57.0 Å². The Morgan fingerprint density at radius 3 is 2.29 bits per heavy atom. The van der Waals surface area contributed by atoms with Crippen LogP contribution in [0.15, 0.2) is 18.2 Å². The SMILES string of the molecule is Cl.Nc1ccc(N2CCC(N3CCCCC3)CC2)c(F)c1. The van der Waals surface area contributed by atoms with Crippen molar-refractivity contribution in [3.8, 4) is 0 Å². The van der Waals surface area contributed by atoms with Gasteiger partial charge in [-0.2, -0.15) is 0 Å². The van der Waals surface area contributed by atoms with E-state index < -0.39 is 0 Å². The highest BCUT2D eigenvalue weighted by Crippen LogP contribution is 2.27. The van der Waals surface area contributed by atoms with Crippen molar-refractivity contribution in [2.45, 2.75) is 38.1 Å². The molecule has 0 bridgehead atoms. The third-order valence-electron chi connectivity index (χ3n) is 4.68. The molecule has 0 amide bonds. The van der Waals surface area contributed by atoms with E-state index in [-0.39, 0.29) is 18.2 Å². The molecule has 3 nitrogen and oxygen atoms in total. The van der Waals surface area contributed by atoms with Crippen LogP contribution in [0.2, 0.25) is 0 Å². The molecule has 2 fully saturated rings. The molecule has 5 heteroatoms. The number of nitrogens with two attached hydrogens (primary N) is 1. The van der Waals surface area contributed by atoms with Gasteiger partial charge in [0, 0.05) is 24.8 Å². The Morgan fingerprint density at radius 2 is 1.67 bits per heavy atom. The third kappa shape index (κ3) is 3.80. The summed E-state index contributed by atoms with van der Waals surface area (Å²) >= 11 is 0. The number of hydrogen-bond acceptors (Lipinski definition) is 3. The number of benzene rings is 1. The second kappa shape index (κ2) is 7.32. The average Bonchev–Trinajstić information content (AvgIpc) is 2.48. The second-order valence-corrected chi connectivity index (χ2v) is 6.03. The molecule has 0 unspecified atom stereocenters.